The van der Waals surface area contributed by atoms with Crippen molar-refractivity contribution in [2.75, 3.05) is 26.4 Å². The Balaban J connectivity index is 1.50. The first-order chi connectivity index (χ1) is 10.3. The van der Waals surface area contributed by atoms with Crippen LogP contribution in [-0.2, 0) is 22.6 Å². The number of rotatable bonds is 8. The number of hydrogen-bond acceptors (Lipinski definition) is 4. The normalized spacial score (nSPS) is 15.4. The Morgan fingerprint density at radius 2 is 2.19 bits per heavy atom. The summed E-state index contributed by atoms with van der Waals surface area (Å²) in [5, 5.41) is 5.33. The Morgan fingerprint density at radius 1 is 1.38 bits per heavy atom. The number of nitrogens with zero attached hydrogens (tertiary/aromatic N) is 1. The molecule has 118 valence electrons. The maximum absolute atomic E-state index is 11.9. The molecule has 0 aromatic carbocycles. The van der Waals surface area contributed by atoms with E-state index in [4.69, 9.17) is 4.74 Å². The van der Waals surface area contributed by atoms with E-state index in [0.29, 0.717) is 26.3 Å². The van der Waals surface area contributed by atoms with Crippen molar-refractivity contribution in [3.8, 4) is 0 Å². The lowest BCUT2D eigenvalue weighted by atomic mass is 10.1. The summed E-state index contributed by atoms with van der Waals surface area (Å²) in [6, 6.07) is 2.20. The van der Waals surface area contributed by atoms with E-state index in [1.54, 1.807) is 11.3 Å². The maximum atomic E-state index is 11.9. The number of piperidine rings is 1. The average molecular weight is 310 g/mol. The van der Waals surface area contributed by atoms with E-state index < -0.39 is 0 Å². The molecular weight excluding hydrogens is 284 g/mol. The van der Waals surface area contributed by atoms with Crippen LogP contribution in [0.25, 0.3) is 0 Å². The van der Waals surface area contributed by atoms with Crippen molar-refractivity contribution < 1.29 is 9.53 Å². The van der Waals surface area contributed by atoms with E-state index in [-0.39, 0.29) is 5.91 Å². The first-order valence-electron chi connectivity index (χ1n) is 7.92. The van der Waals surface area contributed by atoms with Gasteiger partial charge in [-0.15, -0.1) is 11.3 Å². The zero-order chi connectivity index (χ0) is 14.9. The van der Waals surface area contributed by atoms with Crippen LogP contribution in [0.15, 0.2) is 11.4 Å². The fraction of sp³-hybridized carbons (Fsp3) is 0.688. The zero-order valence-corrected chi connectivity index (χ0v) is 13.7. The minimum atomic E-state index is 0.271. The topological polar surface area (TPSA) is 41.6 Å². The van der Waals surface area contributed by atoms with Gasteiger partial charge in [0.15, 0.2) is 0 Å². The number of likely N-dealkylation sites (tertiary alicyclic amines) is 1. The Hall–Kier alpha value is -0.910. The molecule has 1 aliphatic heterocycles. The lowest BCUT2D eigenvalue weighted by Gasteiger charge is -2.26. The Labute approximate surface area is 131 Å². The Kier molecular flexibility index (Phi) is 7.19. The molecule has 0 radical (unpaired) electrons. The van der Waals surface area contributed by atoms with Gasteiger partial charge in [-0.2, -0.15) is 0 Å². The minimum absolute atomic E-state index is 0.271. The molecule has 0 unspecified atom stereocenters. The van der Waals surface area contributed by atoms with Gasteiger partial charge in [0, 0.05) is 30.9 Å². The van der Waals surface area contributed by atoms with Gasteiger partial charge >= 0.3 is 0 Å². The molecule has 0 bridgehead atoms. The molecule has 1 aromatic heterocycles. The molecule has 1 amide bonds. The molecule has 2 heterocycles. The second-order valence-electron chi connectivity index (χ2n) is 5.46. The van der Waals surface area contributed by atoms with Gasteiger partial charge in [0.2, 0.25) is 5.91 Å². The number of carbonyl (C=O) groups excluding carboxylic acids is 1. The largest absolute Gasteiger partial charge is 0.362 e. The van der Waals surface area contributed by atoms with Crippen LogP contribution in [0.3, 0.4) is 0 Å². The number of carbonyl (C=O) groups is 1. The Morgan fingerprint density at radius 3 is 2.90 bits per heavy atom. The Bertz CT molecular complexity index is 428. The highest BCUT2D eigenvalue weighted by molar-refractivity contribution is 7.10. The second kappa shape index (κ2) is 9.18. The standard InChI is InChI=1S/C16H26N2O2S/c1-2-15-10-14(12-21-15)11-20-13-17-7-6-16(19)18-8-4-3-5-9-18/h10,12,17H,2-9,11,13H2,1H3. The summed E-state index contributed by atoms with van der Waals surface area (Å²) in [5.41, 5.74) is 1.24. The number of thiophene rings is 1. The highest BCUT2D eigenvalue weighted by Gasteiger charge is 2.15. The third-order valence-electron chi connectivity index (χ3n) is 3.75. The molecule has 1 aromatic rings. The van der Waals surface area contributed by atoms with Crippen LogP contribution < -0.4 is 5.32 Å². The van der Waals surface area contributed by atoms with Crippen LogP contribution in [0.5, 0.6) is 0 Å². The van der Waals surface area contributed by atoms with Crippen molar-refractivity contribution in [3.05, 3.63) is 21.9 Å². The molecule has 4 nitrogen and oxygen atoms in total. The smallest absolute Gasteiger partial charge is 0.223 e. The monoisotopic (exact) mass is 310 g/mol. The molecule has 2 rings (SSSR count). The summed E-state index contributed by atoms with van der Waals surface area (Å²) in [4.78, 5) is 15.3. The molecular formula is C16H26N2O2S. The predicted molar refractivity (Wildman–Crippen MR) is 86.4 cm³/mol. The van der Waals surface area contributed by atoms with Crippen LogP contribution in [0.4, 0.5) is 0 Å². The highest BCUT2D eigenvalue weighted by Crippen LogP contribution is 2.15. The van der Waals surface area contributed by atoms with Crippen molar-refractivity contribution in [1.29, 1.82) is 0 Å². The fourth-order valence-corrected chi connectivity index (χ4v) is 3.32. The summed E-state index contributed by atoms with van der Waals surface area (Å²) in [6.07, 6.45) is 5.23. The summed E-state index contributed by atoms with van der Waals surface area (Å²) >= 11 is 1.79. The molecule has 1 aliphatic rings. The van der Waals surface area contributed by atoms with Gasteiger partial charge in [-0.05, 0) is 42.7 Å². The average Bonchev–Trinajstić information content (AvgIpc) is 2.99. The molecule has 0 atom stereocenters. The lowest BCUT2D eigenvalue weighted by molar-refractivity contribution is -0.132. The first kappa shape index (κ1) is 16.5. The van der Waals surface area contributed by atoms with E-state index >= 15 is 0 Å². The fourth-order valence-electron chi connectivity index (χ4n) is 2.50. The van der Waals surface area contributed by atoms with Gasteiger partial charge < -0.3 is 9.64 Å². The second-order valence-corrected chi connectivity index (χ2v) is 6.45. The minimum Gasteiger partial charge on any atom is -0.362 e. The number of amides is 1. The molecule has 0 saturated carbocycles. The molecule has 0 spiro atoms. The quantitative estimate of drug-likeness (QED) is 0.593. The number of nitrogens with one attached hydrogen (secondary N) is 1. The van der Waals surface area contributed by atoms with E-state index in [1.807, 2.05) is 4.90 Å². The van der Waals surface area contributed by atoms with Crippen molar-refractivity contribution in [2.24, 2.45) is 0 Å². The maximum Gasteiger partial charge on any atom is 0.223 e. The number of aryl methyl sites for hydroxylation is 1. The summed E-state index contributed by atoms with van der Waals surface area (Å²) in [7, 11) is 0. The van der Waals surface area contributed by atoms with Crippen molar-refractivity contribution in [1.82, 2.24) is 10.2 Å². The predicted octanol–water partition coefficient (Wildman–Crippen LogP) is 2.78. The van der Waals surface area contributed by atoms with Crippen LogP contribution in [-0.4, -0.2) is 37.2 Å². The first-order valence-corrected chi connectivity index (χ1v) is 8.80. The van der Waals surface area contributed by atoms with Crippen LogP contribution >= 0.6 is 11.3 Å². The molecule has 1 N–H and O–H groups in total. The summed E-state index contributed by atoms with van der Waals surface area (Å²) < 4.78 is 5.58. The SMILES string of the molecule is CCc1cc(COCNCCC(=O)N2CCCCC2)cs1. The van der Waals surface area contributed by atoms with Crippen LogP contribution in [0.1, 0.15) is 43.0 Å². The van der Waals surface area contributed by atoms with E-state index in [1.165, 1.54) is 16.9 Å². The third-order valence-corrected chi connectivity index (χ3v) is 4.88. The highest BCUT2D eigenvalue weighted by atomic mass is 32.1. The van der Waals surface area contributed by atoms with Crippen LogP contribution in [0.2, 0.25) is 0 Å². The van der Waals surface area contributed by atoms with Crippen LogP contribution in [0, 0.1) is 0 Å². The number of ether oxygens (including phenoxy) is 1. The summed E-state index contributed by atoms with van der Waals surface area (Å²) in [6.45, 7) is 5.88. The van der Waals surface area contributed by atoms with Gasteiger partial charge in [-0.1, -0.05) is 6.92 Å². The lowest BCUT2D eigenvalue weighted by Crippen LogP contribution is -2.37. The van der Waals surface area contributed by atoms with Gasteiger partial charge in [0.05, 0.1) is 13.3 Å². The van der Waals surface area contributed by atoms with Gasteiger partial charge in [-0.25, -0.2) is 0 Å². The van der Waals surface area contributed by atoms with Crippen molar-refractivity contribution in [2.45, 2.75) is 45.6 Å². The third kappa shape index (κ3) is 5.77. The summed E-state index contributed by atoms with van der Waals surface area (Å²) in [5.74, 6) is 0.271. The molecule has 5 heteroatoms. The van der Waals surface area contributed by atoms with Gasteiger partial charge in [-0.3, -0.25) is 10.1 Å². The van der Waals surface area contributed by atoms with Gasteiger partial charge in [0.1, 0.15) is 0 Å². The van der Waals surface area contributed by atoms with E-state index in [2.05, 4.69) is 23.7 Å². The van der Waals surface area contributed by atoms with Crippen molar-refractivity contribution >= 4 is 17.2 Å². The molecule has 0 aliphatic carbocycles. The number of hydrogen-bond donors (Lipinski definition) is 1. The van der Waals surface area contributed by atoms with E-state index in [9.17, 15) is 4.79 Å². The molecule has 1 saturated heterocycles. The molecule has 1 fully saturated rings. The molecule has 21 heavy (non-hydrogen) atoms. The zero-order valence-electron chi connectivity index (χ0n) is 12.9. The van der Waals surface area contributed by atoms with Crippen molar-refractivity contribution in [3.63, 3.8) is 0 Å². The van der Waals surface area contributed by atoms with E-state index in [0.717, 1.165) is 32.4 Å². The van der Waals surface area contributed by atoms with Gasteiger partial charge in [0.25, 0.3) is 0 Å².